The molecule has 256 valence electrons. The van der Waals surface area contributed by atoms with Gasteiger partial charge in [-0.1, -0.05) is 206 Å². The van der Waals surface area contributed by atoms with E-state index in [1.165, 1.54) is 219 Å². The summed E-state index contributed by atoms with van der Waals surface area (Å²) in [5.41, 5.74) is 0. The average molecular weight is 622 g/mol. The second-order valence-electron chi connectivity index (χ2n) is 12.8. The quantitative estimate of drug-likeness (QED) is 0.0494. The molecular weight excluding hydrogens is 544 g/mol. The molecule has 0 amide bonds. The van der Waals surface area contributed by atoms with E-state index < -0.39 is 7.91 Å². The minimum absolute atomic E-state index is 1.25. The molecule has 0 rings (SSSR count). The van der Waals surface area contributed by atoms with Gasteiger partial charge < -0.3 is 5.32 Å². The van der Waals surface area contributed by atoms with Gasteiger partial charge in [0.2, 0.25) is 0 Å². The van der Waals surface area contributed by atoms with Gasteiger partial charge in [0.1, 0.15) is 0 Å². The van der Waals surface area contributed by atoms with Crippen LogP contribution in [0.2, 0.25) is 0 Å². The molecule has 0 atom stereocenters. The zero-order valence-corrected chi connectivity index (χ0v) is 29.6. The third-order valence-electron chi connectivity index (χ3n) is 8.41. The van der Waals surface area contributed by atoms with Gasteiger partial charge in [-0.25, -0.2) is 4.57 Å². The maximum Gasteiger partial charge on any atom is 0.507 e. The molecule has 0 aliphatic rings. The van der Waals surface area contributed by atoms with E-state index in [1.54, 1.807) is 0 Å². The molecule has 0 aromatic heterocycles. The summed E-state index contributed by atoms with van der Waals surface area (Å²) < 4.78 is 19.0. The van der Waals surface area contributed by atoms with E-state index in [0.717, 1.165) is 0 Å². The zero-order valence-electron chi connectivity index (χ0n) is 28.7. The predicted octanol–water partition coefficient (Wildman–Crippen LogP) is 13.1. The largest absolute Gasteiger partial charge is 0.507 e. The Morgan fingerprint density at radius 1 is 0.381 bits per heavy atom. The van der Waals surface area contributed by atoms with Gasteiger partial charge in [0.25, 0.3) is 0 Å². The SMILES string of the molecule is CCCCCCCCCCCCCCCCCCNCCCCCCCCCCCCCCCCCC.O=P(O)(O)F. The maximum absolute atomic E-state index is 10.4. The fourth-order valence-electron chi connectivity index (χ4n) is 5.72. The standard InChI is InChI=1S/C36H75N.FH2O3P/c1-3-5-7-9-11-13-15-17-19-21-23-25-27-29-31-33-35-37-36-34-32-30-28-26-24-22-20-18-16-14-12-10-8-6-4-2;1-5(2,3)4/h37H,3-36H2,1-2H3;(H2,2,3,4). The maximum atomic E-state index is 10.4. The summed E-state index contributed by atoms with van der Waals surface area (Å²) in [6, 6.07) is 0. The molecular formula is C36H77FNO3P. The van der Waals surface area contributed by atoms with Gasteiger partial charge in [0, 0.05) is 0 Å². The molecule has 0 spiro atoms. The Morgan fingerprint density at radius 2 is 0.524 bits per heavy atom. The van der Waals surface area contributed by atoms with Crippen LogP contribution in [0.3, 0.4) is 0 Å². The van der Waals surface area contributed by atoms with E-state index in [0.29, 0.717) is 0 Å². The third-order valence-corrected chi connectivity index (χ3v) is 8.41. The summed E-state index contributed by atoms with van der Waals surface area (Å²) in [6.45, 7) is 7.11. The van der Waals surface area contributed by atoms with Gasteiger partial charge >= 0.3 is 7.91 Å². The van der Waals surface area contributed by atoms with Crippen molar-refractivity contribution in [3.63, 3.8) is 0 Å². The van der Waals surface area contributed by atoms with Crippen molar-refractivity contribution in [2.75, 3.05) is 13.1 Å². The summed E-state index contributed by atoms with van der Waals surface area (Å²) >= 11 is 0. The van der Waals surface area contributed by atoms with Crippen molar-refractivity contribution < 1.29 is 18.5 Å². The lowest BCUT2D eigenvalue weighted by Gasteiger charge is -2.06. The molecule has 0 aliphatic heterocycles. The van der Waals surface area contributed by atoms with Crippen LogP contribution in [0.4, 0.5) is 4.20 Å². The monoisotopic (exact) mass is 622 g/mol. The molecule has 3 N–H and O–H groups in total. The van der Waals surface area contributed by atoms with E-state index in [4.69, 9.17) is 14.4 Å². The zero-order chi connectivity index (χ0) is 31.2. The molecule has 42 heavy (non-hydrogen) atoms. The van der Waals surface area contributed by atoms with Crippen molar-refractivity contribution in [1.29, 1.82) is 0 Å². The van der Waals surface area contributed by atoms with Crippen molar-refractivity contribution in [3.05, 3.63) is 0 Å². The number of rotatable bonds is 34. The van der Waals surface area contributed by atoms with Crippen molar-refractivity contribution in [1.82, 2.24) is 5.32 Å². The van der Waals surface area contributed by atoms with E-state index in [1.807, 2.05) is 0 Å². The fraction of sp³-hybridized carbons (Fsp3) is 1.00. The highest BCUT2D eigenvalue weighted by Crippen LogP contribution is 2.35. The number of halogens is 1. The first-order valence-corrected chi connectivity index (χ1v) is 20.4. The number of hydrogen-bond donors (Lipinski definition) is 3. The first-order valence-electron chi connectivity index (χ1n) is 18.9. The highest BCUT2D eigenvalue weighted by molar-refractivity contribution is 7.45. The van der Waals surface area contributed by atoms with Crippen LogP contribution < -0.4 is 5.32 Å². The van der Waals surface area contributed by atoms with Crippen LogP contribution in [-0.2, 0) is 4.57 Å². The molecule has 0 unspecified atom stereocenters. The summed E-state index contributed by atoms with van der Waals surface area (Å²) in [6.07, 6.45) is 46.7. The summed E-state index contributed by atoms with van der Waals surface area (Å²) in [5.74, 6) is 0. The second kappa shape index (κ2) is 39.1. The Kier molecular flexibility index (Phi) is 41.1. The molecule has 0 aliphatic carbocycles. The fourth-order valence-corrected chi connectivity index (χ4v) is 5.72. The lowest BCUT2D eigenvalue weighted by atomic mass is 10.0. The molecule has 0 saturated carbocycles. The van der Waals surface area contributed by atoms with Crippen LogP contribution >= 0.6 is 7.91 Å². The van der Waals surface area contributed by atoms with E-state index in [-0.39, 0.29) is 0 Å². The first-order chi connectivity index (χ1) is 20.4. The van der Waals surface area contributed by atoms with Gasteiger partial charge in [-0.2, -0.15) is 0 Å². The highest BCUT2D eigenvalue weighted by Gasteiger charge is 2.05. The minimum atomic E-state index is -5.14. The summed E-state index contributed by atoms with van der Waals surface area (Å²) in [5, 5.41) is 3.68. The van der Waals surface area contributed by atoms with Crippen molar-refractivity contribution in [2.45, 2.75) is 219 Å². The van der Waals surface area contributed by atoms with Crippen molar-refractivity contribution in [3.8, 4) is 0 Å². The number of unbranched alkanes of at least 4 members (excludes halogenated alkanes) is 30. The van der Waals surface area contributed by atoms with E-state index >= 15 is 0 Å². The Hall–Kier alpha value is 0.0400. The molecule has 0 saturated heterocycles. The van der Waals surface area contributed by atoms with Gasteiger partial charge in [0.15, 0.2) is 0 Å². The molecule has 0 radical (unpaired) electrons. The molecule has 0 aromatic rings. The lowest BCUT2D eigenvalue weighted by Crippen LogP contribution is -2.16. The second-order valence-corrected chi connectivity index (χ2v) is 13.8. The molecule has 6 heteroatoms. The van der Waals surface area contributed by atoms with Crippen molar-refractivity contribution in [2.24, 2.45) is 0 Å². The first kappa shape index (κ1) is 44.2. The normalized spacial score (nSPS) is 11.5. The number of hydrogen-bond acceptors (Lipinski definition) is 2. The van der Waals surface area contributed by atoms with Gasteiger partial charge in [-0.05, 0) is 25.9 Å². The predicted molar refractivity (Wildman–Crippen MR) is 185 cm³/mol. The molecule has 0 aromatic carbocycles. The lowest BCUT2D eigenvalue weighted by molar-refractivity contribution is 0.322. The Morgan fingerprint density at radius 3 is 0.690 bits per heavy atom. The molecule has 0 fully saturated rings. The summed E-state index contributed by atoms with van der Waals surface area (Å²) in [7, 11) is -5.14. The van der Waals surface area contributed by atoms with Gasteiger partial charge in [-0.3, -0.25) is 9.79 Å². The number of nitrogens with one attached hydrogen (secondary N) is 1. The van der Waals surface area contributed by atoms with Crippen LogP contribution in [-0.4, -0.2) is 22.9 Å². The molecule has 4 nitrogen and oxygen atoms in total. The topological polar surface area (TPSA) is 69.6 Å². The van der Waals surface area contributed by atoms with Crippen LogP contribution in [0, 0.1) is 0 Å². The van der Waals surface area contributed by atoms with Crippen LogP contribution in [0.1, 0.15) is 219 Å². The van der Waals surface area contributed by atoms with Crippen LogP contribution in [0.5, 0.6) is 0 Å². The van der Waals surface area contributed by atoms with Crippen LogP contribution in [0.25, 0.3) is 0 Å². The van der Waals surface area contributed by atoms with Crippen molar-refractivity contribution >= 4 is 7.91 Å². The van der Waals surface area contributed by atoms with Gasteiger partial charge in [-0.15, -0.1) is 4.20 Å². The third kappa shape index (κ3) is 52.7. The average Bonchev–Trinajstić information content (AvgIpc) is 2.94. The summed E-state index contributed by atoms with van der Waals surface area (Å²) in [4.78, 5) is 13.9. The Labute approximate surface area is 263 Å². The molecule has 0 bridgehead atoms. The van der Waals surface area contributed by atoms with Gasteiger partial charge in [0.05, 0.1) is 0 Å². The minimum Gasteiger partial charge on any atom is -0.317 e. The highest BCUT2D eigenvalue weighted by atomic mass is 31.2. The van der Waals surface area contributed by atoms with E-state index in [2.05, 4.69) is 19.2 Å². The smallest absolute Gasteiger partial charge is 0.317 e. The van der Waals surface area contributed by atoms with E-state index in [9.17, 15) is 4.20 Å². The Balaban J connectivity index is 0. The van der Waals surface area contributed by atoms with Crippen LogP contribution in [0.15, 0.2) is 0 Å². The Bertz CT molecular complexity index is 476. The molecule has 0 heterocycles.